The van der Waals surface area contributed by atoms with Crippen LogP contribution in [0.25, 0.3) is 16.2 Å². The fraction of sp³-hybridized carbons (Fsp3) is 0.111. The molecule has 0 aliphatic heterocycles. The maximum Gasteiger partial charge on any atom is 0.264 e. The van der Waals surface area contributed by atoms with Crippen LogP contribution in [0, 0.1) is 0 Å². The zero-order valence-corrected chi connectivity index (χ0v) is 16.6. The van der Waals surface area contributed by atoms with E-state index in [-0.39, 0.29) is 10.8 Å². The molecule has 0 atom stereocenters. The van der Waals surface area contributed by atoms with Crippen LogP contribution < -0.4 is 14.2 Å². The quantitative estimate of drug-likeness (QED) is 0.518. The molecule has 0 fully saturated rings. The molecule has 0 aliphatic carbocycles. The second kappa shape index (κ2) is 7.13. The Labute approximate surface area is 165 Å². The number of methoxy groups -OCH3 is 2. The van der Waals surface area contributed by atoms with Crippen LogP contribution in [0.15, 0.2) is 58.8 Å². The first-order chi connectivity index (χ1) is 13.5. The lowest BCUT2D eigenvalue weighted by atomic mass is 10.2. The van der Waals surface area contributed by atoms with E-state index < -0.39 is 10.0 Å². The van der Waals surface area contributed by atoms with Crippen LogP contribution in [0.3, 0.4) is 0 Å². The zero-order valence-electron chi connectivity index (χ0n) is 15.0. The highest BCUT2D eigenvalue weighted by Crippen LogP contribution is 2.28. The van der Waals surface area contributed by atoms with Crippen LogP contribution in [0.1, 0.15) is 0 Å². The van der Waals surface area contributed by atoms with E-state index in [0.717, 1.165) is 17.0 Å². The molecular weight excluding hydrogens is 400 g/mol. The Bertz CT molecular complexity index is 1230. The number of anilines is 1. The highest BCUT2D eigenvalue weighted by Gasteiger charge is 2.19. The summed E-state index contributed by atoms with van der Waals surface area (Å²) in [5, 5.41) is 6.22. The second-order valence-corrected chi connectivity index (χ2v) is 8.28. The van der Waals surface area contributed by atoms with E-state index in [9.17, 15) is 8.42 Å². The molecule has 0 bridgehead atoms. The minimum Gasteiger partial charge on any atom is -0.497 e. The molecule has 0 saturated carbocycles. The van der Waals surface area contributed by atoms with Gasteiger partial charge in [-0.15, -0.1) is 16.4 Å². The summed E-state index contributed by atoms with van der Waals surface area (Å²) in [5.74, 6) is 1.30. The van der Waals surface area contributed by atoms with Gasteiger partial charge in [0.15, 0.2) is 0 Å². The lowest BCUT2D eigenvalue weighted by molar-refractivity contribution is 0.414. The summed E-state index contributed by atoms with van der Waals surface area (Å²) in [5.41, 5.74) is 1.68. The summed E-state index contributed by atoms with van der Waals surface area (Å²) < 4.78 is 39.5. The predicted octanol–water partition coefficient (Wildman–Crippen LogP) is 3.28. The molecule has 0 amide bonds. The van der Waals surface area contributed by atoms with Crippen molar-refractivity contribution in [3.63, 3.8) is 0 Å². The predicted molar refractivity (Wildman–Crippen MR) is 107 cm³/mol. The molecule has 2 heterocycles. The van der Waals surface area contributed by atoms with Gasteiger partial charge in [0.25, 0.3) is 16.0 Å². The average molecular weight is 416 g/mol. The van der Waals surface area contributed by atoms with E-state index in [1.807, 2.05) is 29.6 Å². The molecule has 8 nitrogen and oxygen atoms in total. The van der Waals surface area contributed by atoms with Crippen molar-refractivity contribution in [3.05, 3.63) is 53.9 Å². The molecule has 2 aromatic heterocycles. The normalized spacial score (nSPS) is 11.5. The Morgan fingerprint density at radius 2 is 1.79 bits per heavy atom. The van der Waals surface area contributed by atoms with Gasteiger partial charge in [-0.3, -0.25) is 0 Å². The van der Waals surface area contributed by atoms with Gasteiger partial charge in [-0.05, 0) is 36.4 Å². The minimum atomic E-state index is -3.81. The number of thiazole rings is 1. The number of hydrogen-bond donors (Lipinski definition) is 1. The van der Waals surface area contributed by atoms with Crippen LogP contribution in [0.5, 0.6) is 11.5 Å². The van der Waals surface area contributed by atoms with Gasteiger partial charge in [-0.25, -0.2) is 17.7 Å². The summed E-state index contributed by atoms with van der Waals surface area (Å²) in [6.45, 7) is 0. The molecule has 4 rings (SSSR count). The third-order valence-corrected chi connectivity index (χ3v) is 6.20. The minimum absolute atomic E-state index is 0.00631. The van der Waals surface area contributed by atoms with Crippen LogP contribution in [0.2, 0.25) is 0 Å². The number of rotatable bonds is 6. The second-order valence-electron chi connectivity index (χ2n) is 5.76. The summed E-state index contributed by atoms with van der Waals surface area (Å²) in [6.07, 6.45) is 0. The van der Waals surface area contributed by atoms with E-state index in [4.69, 9.17) is 9.47 Å². The Kier molecular flexibility index (Phi) is 4.65. The number of benzene rings is 2. The number of ether oxygens (including phenoxy) is 2. The molecule has 10 heteroatoms. The van der Waals surface area contributed by atoms with Crippen LogP contribution in [-0.4, -0.2) is 37.2 Å². The first-order valence-electron chi connectivity index (χ1n) is 8.16. The number of nitrogens with zero attached hydrogens (tertiary/aromatic N) is 3. The molecule has 0 spiro atoms. The SMILES string of the molecule is COc1ccc(S(=O)(=O)Nc2nc3scc(-c4cccc(OC)c4)n3n2)cc1. The fourth-order valence-electron chi connectivity index (χ4n) is 2.64. The van der Waals surface area contributed by atoms with Gasteiger partial charge in [0.2, 0.25) is 4.96 Å². The van der Waals surface area contributed by atoms with Crippen molar-refractivity contribution in [2.45, 2.75) is 4.90 Å². The monoisotopic (exact) mass is 416 g/mol. The first-order valence-corrected chi connectivity index (χ1v) is 10.5. The van der Waals surface area contributed by atoms with Crippen molar-refractivity contribution < 1.29 is 17.9 Å². The fourth-order valence-corrected chi connectivity index (χ4v) is 4.41. The number of fused-ring (bicyclic) bond motifs is 1. The van der Waals surface area contributed by atoms with Crippen LogP contribution in [0.4, 0.5) is 5.95 Å². The van der Waals surface area contributed by atoms with Crippen molar-refractivity contribution in [2.75, 3.05) is 18.9 Å². The summed E-state index contributed by atoms with van der Waals surface area (Å²) in [7, 11) is -0.693. The van der Waals surface area contributed by atoms with Crippen molar-refractivity contribution in [3.8, 4) is 22.8 Å². The van der Waals surface area contributed by atoms with Crippen LogP contribution in [-0.2, 0) is 10.0 Å². The maximum atomic E-state index is 12.6. The summed E-state index contributed by atoms with van der Waals surface area (Å²) in [4.78, 5) is 4.94. The van der Waals surface area contributed by atoms with E-state index in [1.54, 1.807) is 23.8 Å². The molecule has 144 valence electrons. The number of aromatic nitrogens is 3. The molecule has 0 radical (unpaired) electrons. The van der Waals surface area contributed by atoms with Gasteiger partial charge in [-0.2, -0.15) is 4.98 Å². The molecular formula is C18H16N4O4S2. The molecule has 0 saturated heterocycles. The topological polar surface area (TPSA) is 94.8 Å². The average Bonchev–Trinajstić information content (AvgIpc) is 3.27. The van der Waals surface area contributed by atoms with Gasteiger partial charge in [0.1, 0.15) is 11.5 Å². The summed E-state index contributed by atoms with van der Waals surface area (Å²) in [6, 6.07) is 13.6. The molecule has 0 unspecified atom stereocenters. The standard InChI is InChI=1S/C18H16N4O4S2/c1-25-13-6-8-15(9-7-13)28(23,24)21-17-19-18-22(20-17)16(11-27-18)12-4-3-5-14(10-12)26-2/h3-11H,1-2H3,(H,20,21). The Morgan fingerprint density at radius 3 is 2.50 bits per heavy atom. The Hall–Kier alpha value is -3.11. The number of nitrogens with one attached hydrogen (secondary N) is 1. The molecule has 4 aromatic rings. The molecule has 28 heavy (non-hydrogen) atoms. The smallest absolute Gasteiger partial charge is 0.264 e. The lowest BCUT2D eigenvalue weighted by Crippen LogP contribution is -2.14. The highest BCUT2D eigenvalue weighted by atomic mass is 32.2. The zero-order chi connectivity index (χ0) is 19.7. The van der Waals surface area contributed by atoms with Crippen molar-refractivity contribution in [2.24, 2.45) is 0 Å². The maximum absolute atomic E-state index is 12.6. The van der Waals surface area contributed by atoms with Gasteiger partial charge < -0.3 is 9.47 Å². The van der Waals surface area contributed by atoms with E-state index >= 15 is 0 Å². The Balaban J connectivity index is 1.66. The third-order valence-electron chi connectivity index (χ3n) is 4.04. The van der Waals surface area contributed by atoms with E-state index in [0.29, 0.717) is 10.7 Å². The molecule has 1 N–H and O–H groups in total. The van der Waals surface area contributed by atoms with Gasteiger partial charge >= 0.3 is 0 Å². The lowest BCUT2D eigenvalue weighted by Gasteiger charge is -2.05. The van der Waals surface area contributed by atoms with Crippen molar-refractivity contribution in [1.29, 1.82) is 0 Å². The van der Waals surface area contributed by atoms with Crippen LogP contribution >= 0.6 is 11.3 Å². The summed E-state index contributed by atoms with van der Waals surface area (Å²) >= 11 is 1.37. The largest absolute Gasteiger partial charge is 0.497 e. The van der Waals surface area contributed by atoms with E-state index in [1.165, 1.54) is 30.6 Å². The van der Waals surface area contributed by atoms with Gasteiger partial charge in [-0.1, -0.05) is 12.1 Å². The number of sulfonamides is 1. The number of hydrogen-bond acceptors (Lipinski definition) is 7. The van der Waals surface area contributed by atoms with Crippen molar-refractivity contribution in [1.82, 2.24) is 14.6 Å². The molecule has 2 aromatic carbocycles. The Morgan fingerprint density at radius 1 is 1.04 bits per heavy atom. The van der Waals surface area contributed by atoms with Gasteiger partial charge in [0, 0.05) is 10.9 Å². The van der Waals surface area contributed by atoms with Crippen molar-refractivity contribution >= 4 is 32.3 Å². The highest BCUT2D eigenvalue weighted by molar-refractivity contribution is 7.92. The van der Waals surface area contributed by atoms with Gasteiger partial charge in [0.05, 0.1) is 24.8 Å². The van der Waals surface area contributed by atoms with E-state index in [2.05, 4.69) is 14.8 Å². The third kappa shape index (κ3) is 3.39. The molecule has 0 aliphatic rings. The first kappa shape index (κ1) is 18.3.